The maximum Gasteiger partial charge on any atom is 0.413 e. The Balaban J connectivity index is 1.90. The second-order valence-corrected chi connectivity index (χ2v) is 9.22. The van der Waals surface area contributed by atoms with Gasteiger partial charge in [-0.25, -0.2) is 17.9 Å². The molecule has 2 atom stereocenters. The van der Waals surface area contributed by atoms with Crippen molar-refractivity contribution in [3.63, 3.8) is 0 Å². The molecule has 14 heteroatoms. The fraction of sp³-hybridized carbons (Fsp3) is 0.417. The molecule has 1 amide bonds. The molecule has 8 nitrogen and oxygen atoms in total. The topological polar surface area (TPSA) is 89.2 Å². The van der Waals surface area contributed by atoms with Crippen LogP contribution in [0.3, 0.4) is 0 Å². The smallest absolute Gasteiger partial charge is 0.361 e. The lowest BCUT2D eigenvalue weighted by Gasteiger charge is -2.34. The third kappa shape index (κ3) is 4.41. The zero-order valence-corrected chi connectivity index (χ0v) is 20.4. The highest BCUT2D eigenvalue weighted by Crippen LogP contribution is 2.43. The van der Waals surface area contributed by atoms with Gasteiger partial charge in [-0.3, -0.25) is 19.0 Å². The number of carbonyl (C=O) groups excluding carboxylic acids is 1. The number of hydrogen-bond donors (Lipinski definition) is 1. The first kappa shape index (κ1) is 27.2. The van der Waals surface area contributed by atoms with Crippen molar-refractivity contribution in [2.75, 3.05) is 18.4 Å². The lowest BCUT2D eigenvalue weighted by Crippen LogP contribution is -2.54. The molecule has 3 heterocycles. The van der Waals surface area contributed by atoms with Gasteiger partial charge in [0, 0.05) is 43.7 Å². The summed E-state index contributed by atoms with van der Waals surface area (Å²) >= 11 is 0. The molecule has 38 heavy (non-hydrogen) atoms. The van der Waals surface area contributed by atoms with Crippen LogP contribution in [0.5, 0.6) is 0 Å². The molecule has 1 aromatic carbocycles. The van der Waals surface area contributed by atoms with E-state index >= 15 is 0 Å². The summed E-state index contributed by atoms with van der Waals surface area (Å²) in [5.74, 6) is -1.94. The van der Waals surface area contributed by atoms with E-state index in [4.69, 9.17) is 0 Å². The highest BCUT2D eigenvalue weighted by atomic mass is 19.4. The normalized spacial score (nSPS) is 18.8. The molecule has 1 aliphatic heterocycles. The number of aryl methyl sites for hydroxylation is 1. The van der Waals surface area contributed by atoms with E-state index in [1.54, 1.807) is 0 Å². The second-order valence-electron chi connectivity index (χ2n) is 9.22. The first-order chi connectivity index (χ1) is 17.7. The van der Waals surface area contributed by atoms with Gasteiger partial charge in [-0.2, -0.15) is 18.3 Å². The highest BCUT2D eigenvalue weighted by molar-refractivity contribution is 5.90. The van der Waals surface area contributed by atoms with Crippen molar-refractivity contribution >= 4 is 22.5 Å². The summed E-state index contributed by atoms with van der Waals surface area (Å²) in [5, 5.41) is 6.39. The number of fused-ring (bicyclic) bond motifs is 1. The number of benzene rings is 1. The van der Waals surface area contributed by atoms with Gasteiger partial charge in [-0.05, 0) is 13.3 Å². The summed E-state index contributed by atoms with van der Waals surface area (Å²) in [6.07, 6.45) is -7.76. The van der Waals surface area contributed by atoms with E-state index in [1.165, 1.54) is 26.1 Å². The number of nitrogens with one attached hydrogen (secondary N) is 1. The number of halogens is 6. The number of rotatable bonds is 5. The molecule has 1 aliphatic rings. The molecule has 0 spiro atoms. The standard InChI is InChI=1S/C24H23F6N5O3/c1-12(14-5-4-6-15(19(14)25)20(26)27)31-21-17-10-35(18(37)9-16(17)22(38)33(3)32-21)23(24(28,29)30)7-8-34(11-23)13(2)36/h4-6,9-10,12,20H,7-8,11H2,1-3H3,(H,31,32)/t12?,23-/m1/s1. The fourth-order valence-electron chi connectivity index (χ4n) is 4.74. The number of aromatic nitrogens is 3. The van der Waals surface area contributed by atoms with Crippen molar-refractivity contribution in [1.82, 2.24) is 19.2 Å². The Morgan fingerprint density at radius 1 is 1.16 bits per heavy atom. The van der Waals surface area contributed by atoms with Crippen LogP contribution in [0.1, 0.15) is 43.9 Å². The Morgan fingerprint density at radius 3 is 2.39 bits per heavy atom. The van der Waals surface area contributed by atoms with E-state index in [0.717, 1.165) is 34.8 Å². The van der Waals surface area contributed by atoms with Crippen LogP contribution >= 0.6 is 0 Å². The Hall–Kier alpha value is -3.84. The molecule has 0 bridgehead atoms. The average molecular weight is 543 g/mol. The monoisotopic (exact) mass is 543 g/mol. The number of amides is 1. The quantitative estimate of drug-likeness (QED) is 0.494. The number of pyridine rings is 1. The first-order valence-electron chi connectivity index (χ1n) is 11.5. The van der Waals surface area contributed by atoms with Gasteiger partial charge in [0.1, 0.15) is 5.82 Å². The summed E-state index contributed by atoms with van der Waals surface area (Å²) in [7, 11) is 1.25. The summed E-state index contributed by atoms with van der Waals surface area (Å²) in [5.41, 5.74) is -5.64. The van der Waals surface area contributed by atoms with E-state index in [0.29, 0.717) is 4.57 Å². The van der Waals surface area contributed by atoms with Crippen LogP contribution in [-0.4, -0.2) is 44.4 Å². The number of anilines is 1. The molecule has 0 aliphatic carbocycles. The fourth-order valence-corrected chi connectivity index (χ4v) is 4.74. The summed E-state index contributed by atoms with van der Waals surface area (Å²) in [6.45, 7) is 1.49. The van der Waals surface area contributed by atoms with Crippen molar-refractivity contribution in [2.24, 2.45) is 7.05 Å². The molecular weight excluding hydrogens is 520 g/mol. The predicted molar refractivity (Wildman–Crippen MR) is 126 cm³/mol. The molecule has 2 aromatic heterocycles. The van der Waals surface area contributed by atoms with E-state index in [-0.39, 0.29) is 28.7 Å². The lowest BCUT2D eigenvalue weighted by molar-refractivity contribution is -0.211. The summed E-state index contributed by atoms with van der Waals surface area (Å²) in [4.78, 5) is 38.5. The van der Waals surface area contributed by atoms with Gasteiger partial charge in [0.2, 0.25) is 5.91 Å². The molecule has 1 N–H and O–H groups in total. The van der Waals surface area contributed by atoms with Crippen LogP contribution in [0.2, 0.25) is 0 Å². The van der Waals surface area contributed by atoms with Gasteiger partial charge in [-0.15, -0.1) is 0 Å². The summed E-state index contributed by atoms with van der Waals surface area (Å²) in [6, 6.07) is 3.16. The maximum atomic E-state index is 14.7. The molecule has 0 saturated carbocycles. The second kappa shape index (κ2) is 9.48. The maximum absolute atomic E-state index is 14.7. The lowest BCUT2D eigenvalue weighted by atomic mass is 9.96. The molecule has 1 unspecified atom stereocenters. The minimum absolute atomic E-state index is 0.167. The van der Waals surface area contributed by atoms with Crippen molar-refractivity contribution < 1.29 is 31.1 Å². The Morgan fingerprint density at radius 2 is 1.82 bits per heavy atom. The van der Waals surface area contributed by atoms with Crippen LogP contribution in [0, 0.1) is 5.82 Å². The van der Waals surface area contributed by atoms with Crippen LogP contribution in [0.25, 0.3) is 10.8 Å². The van der Waals surface area contributed by atoms with Gasteiger partial charge in [0.25, 0.3) is 17.5 Å². The molecular formula is C24H23F6N5O3. The molecule has 4 rings (SSSR count). The van der Waals surface area contributed by atoms with Gasteiger partial charge >= 0.3 is 6.18 Å². The molecule has 1 fully saturated rings. The number of hydrogen-bond acceptors (Lipinski definition) is 5. The van der Waals surface area contributed by atoms with Gasteiger partial charge < -0.3 is 10.2 Å². The zero-order chi connectivity index (χ0) is 28.2. The third-order valence-electron chi connectivity index (χ3n) is 6.88. The minimum atomic E-state index is -4.94. The Labute approximate surface area is 211 Å². The first-order valence-corrected chi connectivity index (χ1v) is 11.5. The predicted octanol–water partition coefficient (Wildman–Crippen LogP) is 3.85. The number of alkyl halides is 5. The van der Waals surface area contributed by atoms with Crippen LogP contribution in [0.15, 0.2) is 40.1 Å². The molecule has 0 radical (unpaired) electrons. The van der Waals surface area contributed by atoms with Gasteiger partial charge in [-0.1, -0.05) is 18.2 Å². The Bertz CT molecular complexity index is 1530. The van der Waals surface area contributed by atoms with Gasteiger partial charge in [0.05, 0.1) is 23.5 Å². The molecule has 1 saturated heterocycles. The van der Waals surface area contributed by atoms with Gasteiger partial charge in [0.15, 0.2) is 11.4 Å². The number of likely N-dealkylation sites (tertiary alicyclic amines) is 1. The van der Waals surface area contributed by atoms with E-state index in [2.05, 4.69) is 10.4 Å². The van der Waals surface area contributed by atoms with Crippen LogP contribution < -0.4 is 16.4 Å². The minimum Gasteiger partial charge on any atom is -0.361 e. The van der Waals surface area contributed by atoms with Crippen molar-refractivity contribution in [2.45, 2.75) is 44.5 Å². The number of carbonyl (C=O) groups is 1. The zero-order valence-electron chi connectivity index (χ0n) is 20.4. The van der Waals surface area contributed by atoms with Crippen LogP contribution in [-0.2, 0) is 17.4 Å². The summed E-state index contributed by atoms with van der Waals surface area (Å²) < 4.78 is 85.7. The SMILES string of the molecule is CC(=O)N1CC[C@](n2cc3c(NC(C)c4cccc(C(F)F)c4F)nn(C)c(=O)c3cc2=O)(C(F)(F)F)C1. The molecule has 3 aromatic rings. The Kier molecular flexibility index (Phi) is 6.78. The van der Waals surface area contributed by atoms with Crippen molar-refractivity contribution in [3.8, 4) is 0 Å². The van der Waals surface area contributed by atoms with E-state index < -0.39 is 65.6 Å². The van der Waals surface area contributed by atoms with E-state index in [1.807, 2.05) is 0 Å². The van der Waals surface area contributed by atoms with E-state index in [9.17, 15) is 40.7 Å². The highest BCUT2D eigenvalue weighted by Gasteiger charge is 2.60. The van der Waals surface area contributed by atoms with Crippen molar-refractivity contribution in [1.29, 1.82) is 0 Å². The third-order valence-corrected chi connectivity index (χ3v) is 6.88. The largest absolute Gasteiger partial charge is 0.413 e. The van der Waals surface area contributed by atoms with Crippen LogP contribution in [0.4, 0.5) is 32.2 Å². The molecule has 204 valence electrons. The van der Waals surface area contributed by atoms with Crippen molar-refractivity contribution in [3.05, 3.63) is 68.1 Å². The number of nitrogens with zero attached hydrogens (tertiary/aromatic N) is 4. The average Bonchev–Trinajstić information content (AvgIpc) is 3.29.